The van der Waals surface area contributed by atoms with Crippen LogP contribution in [-0.4, -0.2) is 18.2 Å². The van der Waals surface area contributed by atoms with Crippen LogP contribution in [0.15, 0.2) is 24.3 Å². The third kappa shape index (κ3) is 5.73. The minimum atomic E-state index is -1.48. The first kappa shape index (κ1) is 22.3. The molecule has 148 valence electrons. The van der Waals surface area contributed by atoms with Crippen molar-refractivity contribution in [3.63, 3.8) is 0 Å². The molecule has 0 N–H and O–H groups in total. The van der Waals surface area contributed by atoms with E-state index in [2.05, 4.69) is 87.4 Å². The van der Waals surface area contributed by atoms with Crippen LogP contribution >= 0.6 is 19.4 Å². The topological polar surface area (TPSA) is 6.48 Å². The molecule has 2 aromatic rings. The third-order valence-electron chi connectivity index (χ3n) is 4.71. The number of benzene rings is 2. The summed E-state index contributed by atoms with van der Waals surface area (Å²) < 4.78 is 0. The molecule has 0 spiro atoms. The van der Waals surface area contributed by atoms with Crippen LogP contribution in [0.2, 0.25) is 0 Å². The van der Waals surface area contributed by atoms with Crippen molar-refractivity contribution >= 4 is 35.9 Å². The molecule has 0 radical (unpaired) electrons. The number of rotatable bonds is 2. The minimum absolute atomic E-state index is 1.04. The predicted octanol–water partition coefficient (Wildman–Crippen LogP) is 6.33. The Bertz CT molecular complexity index is 735. The molecule has 0 bridgehead atoms. The van der Waals surface area contributed by atoms with Crippen molar-refractivity contribution in [2.24, 2.45) is 0 Å². The van der Waals surface area contributed by atoms with Gasteiger partial charge in [-0.2, -0.15) is 9.80 Å². The Labute approximate surface area is 177 Å². The predicted molar refractivity (Wildman–Crippen MR) is 119 cm³/mol. The van der Waals surface area contributed by atoms with Crippen LogP contribution in [0.4, 0.5) is 11.4 Å². The van der Waals surface area contributed by atoms with Crippen molar-refractivity contribution in [1.82, 2.24) is 0 Å². The second-order valence-corrected chi connectivity index (χ2v) is 13.0. The summed E-state index contributed by atoms with van der Waals surface area (Å²) in [6.45, 7) is 17.6. The quantitative estimate of drug-likeness (QED) is 0.357. The summed E-state index contributed by atoms with van der Waals surface area (Å²) in [5.41, 5.74) is 10.8. The third-order valence-corrected chi connectivity index (χ3v) is 4.71. The molecule has 0 amide bonds. The first-order valence-corrected chi connectivity index (χ1v) is 14.6. The Morgan fingerprint density at radius 3 is 1.26 bits per heavy atom. The Morgan fingerprint density at radius 2 is 1.00 bits per heavy atom. The fourth-order valence-corrected chi connectivity index (χ4v) is 4.09. The van der Waals surface area contributed by atoms with E-state index in [4.69, 9.17) is 19.4 Å². The van der Waals surface area contributed by atoms with Gasteiger partial charge >= 0.3 is 38.0 Å². The summed E-state index contributed by atoms with van der Waals surface area (Å²) in [6.07, 6.45) is 0. The van der Waals surface area contributed by atoms with Gasteiger partial charge in [-0.25, -0.2) is 0 Å². The van der Waals surface area contributed by atoms with Gasteiger partial charge in [0.25, 0.3) is 6.67 Å². The zero-order chi connectivity index (χ0) is 20.3. The number of hydrogen-bond acceptors (Lipinski definition) is 2. The van der Waals surface area contributed by atoms with Gasteiger partial charge in [-0.15, -0.1) is 0 Å². The van der Waals surface area contributed by atoms with E-state index in [1.54, 1.807) is 0 Å². The molecular formula is C22H29Cl2N2Ru+. The molecule has 1 aliphatic heterocycles. The van der Waals surface area contributed by atoms with E-state index in [0.29, 0.717) is 0 Å². The van der Waals surface area contributed by atoms with Crippen LogP contribution in [0.5, 0.6) is 0 Å². The first-order valence-electron chi connectivity index (χ1n) is 8.92. The molecule has 1 aliphatic rings. The number of aryl methyl sites for hydroxylation is 6. The van der Waals surface area contributed by atoms with Crippen molar-refractivity contribution in [1.29, 1.82) is 0 Å². The van der Waals surface area contributed by atoms with Crippen LogP contribution in [0, 0.1) is 48.2 Å². The van der Waals surface area contributed by atoms with Crippen LogP contribution < -0.4 is 9.80 Å². The molecule has 1 fully saturated rings. The SMILES string of the molecule is Cc1cc(C)c(N2[CH+]N(c3c(C)cc(C)cc3C)CC2)c(C)c1.[CH2]=[Ru]([Cl])[Cl]. The molecule has 5 heteroatoms. The zero-order valence-corrected chi connectivity index (χ0v) is 20.3. The number of hydrogen-bond donors (Lipinski definition) is 0. The average molecular weight is 493 g/mol. The van der Waals surface area contributed by atoms with E-state index < -0.39 is 13.5 Å². The molecule has 2 nitrogen and oxygen atoms in total. The van der Waals surface area contributed by atoms with Gasteiger partial charge in [0.2, 0.25) is 0 Å². The molecule has 1 saturated heterocycles. The number of halogens is 2. The van der Waals surface area contributed by atoms with E-state index >= 15 is 0 Å². The Kier molecular flexibility index (Phi) is 7.80. The second-order valence-electron chi connectivity index (χ2n) is 7.24. The molecular weight excluding hydrogens is 464 g/mol. The van der Waals surface area contributed by atoms with E-state index in [-0.39, 0.29) is 0 Å². The Hall–Kier alpha value is -1.02. The number of anilines is 2. The van der Waals surface area contributed by atoms with E-state index in [9.17, 15) is 0 Å². The normalized spacial score (nSPS) is 13.9. The molecule has 0 atom stereocenters. The van der Waals surface area contributed by atoms with Gasteiger partial charge in [0, 0.05) is 0 Å². The average Bonchev–Trinajstić information content (AvgIpc) is 2.93. The van der Waals surface area contributed by atoms with Gasteiger partial charge in [0.1, 0.15) is 0 Å². The summed E-state index contributed by atoms with van der Waals surface area (Å²) in [5, 5.41) is 3.31. The van der Waals surface area contributed by atoms with Gasteiger partial charge in [-0.3, -0.25) is 0 Å². The summed E-state index contributed by atoms with van der Waals surface area (Å²) in [5.74, 6) is 0. The van der Waals surface area contributed by atoms with Crippen molar-refractivity contribution < 1.29 is 13.5 Å². The molecule has 1 heterocycles. The fourth-order valence-electron chi connectivity index (χ4n) is 4.09. The first-order chi connectivity index (χ1) is 12.6. The number of nitrogens with zero attached hydrogens (tertiary/aromatic N) is 2. The van der Waals surface area contributed by atoms with Gasteiger partial charge in [0.15, 0.2) is 0 Å². The van der Waals surface area contributed by atoms with Gasteiger partial charge in [-0.1, -0.05) is 35.4 Å². The molecule has 27 heavy (non-hydrogen) atoms. The van der Waals surface area contributed by atoms with E-state index in [1.165, 1.54) is 44.8 Å². The van der Waals surface area contributed by atoms with Crippen LogP contribution in [0.25, 0.3) is 0 Å². The maximum absolute atomic E-state index is 5.07. The summed E-state index contributed by atoms with van der Waals surface area (Å²) in [6, 6.07) is 9.12. The van der Waals surface area contributed by atoms with Gasteiger partial charge in [0.05, 0.1) is 24.5 Å². The molecule has 2 aromatic carbocycles. The van der Waals surface area contributed by atoms with Crippen molar-refractivity contribution in [2.45, 2.75) is 41.5 Å². The van der Waals surface area contributed by atoms with Crippen molar-refractivity contribution in [2.75, 3.05) is 22.9 Å². The van der Waals surface area contributed by atoms with Crippen LogP contribution in [0.3, 0.4) is 0 Å². The summed E-state index contributed by atoms with van der Waals surface area (Å²) in [7, 11) is 10.1. The Balaban J connectivity index is 0.000000596. The van der Waals surface area contributed by atoms with Gasteiger partial charge < -0.3 is 0 Å². The van der Waals surface area contributed by atoms with Crippen molar-refractivity contribution in [3.8, 4) is 0 Å². The Morgan fingerprint density at radius 1 is 0.741 bits per heavy atom. The second kappa shape index (κ2) is 9.46. The maximum atomic E-state index is 5.07. The summed E-state index contributed by atoms with van der Waals surface area (Å²) >= 11 is -1.48. The molecule has 0 unspecified atom stereocenters. The zero-order valence-electron chi connectivity index (χ0n) is 17.0. The molecule has 0 aromatic heterocycles. The van der Waals surface area contributed by atoms with Crippen molar-refractivity contribution in [3.05, 3.63) is 64.3 Å². The fraction of sp³-hybridized carbons (Fsp3) is 0.364. The molecule has 0 aliphatic carbocycles. The van der Waals surface area contributed by atoms with E-state index in [1.807, 2.05) is 0 Å². The molecule has 0 saturated carbocycles. The van der Waals surface area contributed by atoms with E-state index in [0.717, 1.165) is 13.1 Å². The van der Waals surface area contributed by atoms with Crippen LogP contribution in [-0.2, 0) is 13.5 Å². The van der Waals surface area contributed by atoms with Crippen LogP contribution in [0.1, 0.15) is 33.4 Å². The monoisotopic (exact) mass is 493 g/mol. The van der Waals surface area contributed by atoms with Gasteiger partial charge in [-0.05, 0) is 63.8 Å². The standard InChI is InChI=1S/C21H27N2.CH2.2ClH.Ru/c1-14-9-16(3)20(17(4)10-14)22-7-8-23(13-22)21-18(5)11-15(2)12-19(21)6;;;;/h9-13H,7-8H2,1-6H3;1H2;2*1H;/q+1;;;;+2/p-2. The molecule has 3 rings (SSSR count). The summed E-state index contributed by atoms with van der Waals surface area (Å²) in [4.78, 5) is 4.81.